The average molecular weight is 281 g/mol. The minimum absolute atomic E-state index is 0.299. The fourth-order valence-corrected chi connectivity index (χ4v) is 3.16. The fourth-order valence-electron chi connectivity index (χ4n) is 3.16. The number of phenols is 1. The van der Waals surface area contributed by atoms with E-state index in [1.54, 1.807) is 12.1 Å². The molecule has 0 aliphatic heterocycles. The first-order valence-electron chi connectivity index (χ1n) is 7.93. The molecule has 0 atom stereocenters. The highest BCUT2D eigenvalue weighted by Crippen LogP contribution is 2.32. The lowest BCUT2D eigenvalue weighted by Crippen LogP contribution is -2.05. The number of aromatic hydroxyl groups is 1. The Morgan fingerprint density at radius 2 is 1.71 bits per heavy atom. The number of anilines is 1. The first-order chi connectivity index (χ1) is 10.3. The summed E-state index contributed by atoms with van der Waals surface area (Å²) in [6.07, 6.45) is 6.86. The van der Waals surface area contributed by atoms with Crippen LogP contribution in [0.2, 0.25) is 0 Å². The van der Waals surface area contributed by atoms with Gasteiger partial charge in [0.15, 0.2) is 0 Å². The van der Waals surface area contributed by atoms with E-state index in [0.717, 1.165) is 18.2 Å². The number of rotatable bonds is 4. The smallest absolute Gasteiger partial charge is 0.117 e. The molecule has 0 saturated heterocycles. The molecule has 0 spiro atoms. The van der Waals surface area contributed by atoms with E-state index in [4.69, 9.17) is 0 Å². The van der Waals surface area contributed by atoms with E-state index in [0.29, 0.717) is 5.75 Å². The van der Waals surface area contributed by atoms with E-state index >= 15 is 0 Å². The second-order valence-electron chi connectivity index (χ2n) is 5.98. The first-order valence-corrected chi connectivity index (χ1v) is 7.93. The van der Waals surface area contributed by atoms with Gasteiger partial charge in [-0.3, -0.25) is 0 Å². The molecule has 21 heavy (non-hydrogen) atoms. The molecule has 2 aromatic rings. The quantitative estimate of drug-likeness (QED) is 0.821. The molecule has 2 aromatic carbocycles. The van der Waals surface area contributed by atoms with Crippen LogP contribution in [-0.4, -0.2) is 5.11 Å². The Balaban J connectivity index is 1.59. The van der Waals surface area contributed by atoms with Crippen LogP contribution in [0.5, 0.6) is 5.75 Å². The molecule has 1 fully saturated rings. The highest BCUT2D eigenvalue weighted by Gasteiger charge is 2.14. The normalized spacial score (nSPS) is 15.8. The molecular formula is C19H23NO. The zero-order chi connectivity index (χ0) is 14.5. The van der Waals surface area contributed by atoms with Crippen LogP contribution in [-0.2, 0) is 6.54 Å². The largest absolute Gasteiger partial charge is 0.508 e. The second kappa shape index (κ2) is 6.66. The summed E-state index contributed by atoms with van der Waals surface area (Å²) in [7, 11) is 0. The van der Waals surface area contributed by atoms with E-state index in [1.807, 2.05) is 12.1 Å². The maximum absolute atomic E-state index is 9.45. The summed E-state index contributed by atoms with van der Waals surface area (Å²) in [5.41, 5.74) is 3.72. The molecule has 110 valence electrons. The van der Waals surface area contributed by atoms with Crippen molar-refractivity contribution in [3.05, 3.63) is 59.7 Å². The van der Waals surface area contributed by atoms with Crippen LogP contribution < -0.4 is 5.32 Å². The lowest BCUT2D eigenvalue weighted by atomic mass is 9.84. The van der Waals surface area contributed by atoms with Gasteiger partial charge in [-0.05, 0) is 42.0 Å². The Hall–Kier alpha value is -1.96. The van der Waals surface area contributed by atoms with Gasteiger partial charge in [0, 0.05) is 18.3 Å². The van der Waals surface area contributed by atoms with Gasteiger partial charge in [0.1, 0.15) is 5.75 Å². The summed E-state index contributed by atoms with van der Waals surface area (Å²) >= 11 is 0. The van der Waals surface area contributed by atoms with Gasteiger partial charge >= 0.3 is 0 Å². The van der Waals surface area contributed by atoms with Gasteiger partial charge in [-0.1, -0.05) is 49.6 Å². The Morgan fingerprint density at radius 3 is 2.43 bits per heavy atom. The van der Waals surface area contributed by atoms with Gasteiger partial charge in [-0.2, -0.15) is 0 Å². The van der Waals surface area contributed by atoms with Crippen molar-refractivity contribution >= 4 is 5.69 Å². The summed E-state index contributed by atoms with van der Waals surface area (Å²) in [6, 6.07) is 16.3. The molecule has 1 saturated carbocycles. The highest BCUT2D eigenvalue weighted by molar-refractivity contribution is 5.48. The summed E-state index contributed by atoms with van der Waals surface area (Å²) in [5.74, 6) is 1.07. The molecular weight excluding hydrogens is 258 g/mol. The molecule has 0 heterocycles. The lowest BCUT2D eigenvalue weighted by molar-refractivity contribution is 0.443. The monoisotopic (exact) mass is 281 g/mol. The SMILES string of the molecule is Oc1cccc(NCc2ccc(C3CCCCC3)cc2)c1. The van der Waals surface area contributed by atoms with Crippen molar-refractivity contribution in [3.8, 4) is 5.75 Å². The van der Waals surface area contributed by atoms with E-state index in [9.17, 15) is 5.11 Å². The third kappa shape index (κ3) is 3.78. The number of benzene rings is 2. The minimum Gasteiger partial charge on any atom is -0.508 e. The van der Waals surface area contributed by atoms with Gasteiger partial charge in [0.25, 0.3) is 0 Å². The van der Waals surface area contributed by atoms with Crippen LogP contribution in [0.3, 0.4) is 0 Å². The molecule has 0 bridgehead atoms. The van der Waals surface area contributed by atoms with Crippen molar-refractivity contribution < 1.29 is 5.11 Å². The Labute approximate surface area is 126 Å². The molecule has 1 aliphatic carbocycles. The standard InChI is InChI=1S/C19H23NO/c21-19-8-4-7-18(13-19)20-14-15-9-11-17(12-10-15)16-5-2-1-3-6-16/h4,7-13,16,20-21H,1-3,5-6,14H2. The zero-order valence-electron chi connectivity index (χ0n) is 12.4. The maximum Gasteiger partial charge on any atom is 0.117 e. The molecule has 0 amide bonds. The zero-order valence-corrected chi connectivity index (χ0v) is 12.4. The predicted molar refractivity (Wildman–Crippen MR) is 87.7 cm³/mol. The first kappa shape index (κ1) is 14.0. The van der Waals surface area contributed by atoms with Crippen molar-refractivity contribution in [1.82, 2.24) is 0 Å². The molecule has 0 unspecified atom stereocenters. The topological polar surface area (TPSA) is 32.3 Å². The summed E-state index contributed by atoms with van der Waals surface area (Å²) < 4.78 is 0. The van der Waals surface area contributed by atoms with Crippen LogP contribution >= 0.6 is 0 Å². The fraction of sp³-hybridized carbons (Fsp3) is 0.368. The molecule has 2 nitrogen and oxygen atoms in total. The van der Waals surface area contributed by atoms with E-state index in [2.05, 4.69) is 29.6 Å². The number of nitrogens with one attached hydrogen (secondary N) is 1. The van der Waals surface area contributed by atoms with Gasteiger partial charge in [0.05, 0.1) is 0 Å². The third-order valence-electron chi connectivity index (χ3n) is 4.40. The highest BCUT2D eigenvalue weighted by atomic mass is 16.3. The number of phenolic OH excluding ortho intramolecular Hbond substituents is 1. The number of hydrogen-bond donors (Lipinski definition) is 2. The average Bonchev–Trinajstić information content (AvgIpc) is 2.54. The summed E-state index contributed by atoms with van der Waals surface area (Å²) in [6.45, 7) is 0.786. The molecule has 2 N–H and O–H groups in total. The Kier molecular flexibility index (Phi) is 4.44. The van der Waals surface area contributed by atoms with E-state index < -0.39 is 0 Å². The summed E-state index contributed by atoms with van der Waals surface area (Å²) in [5, 5.41) is 12.8. The summed E-state index contributed by atoms with van der Waals surface area (Å²) in [4.78, 5) is 0. The Bertz CT molecular complexity index is 570. The molecule has 0 radical (unpaired) electrons. The van der Waals surface area contributed by atoms with Gasteiger partial charge in [0.2, 0.25) is 0 Å². The maximum atomic E-state index is 9.45. The van der Waals surface area contributed by atoms with Crippen molar-refractivity contribution in [1.29, 1.82) is 0 Å². The molecule has 3 rings (SSSR count). The molecule has 2 heteroatoms. The van der Waals surface area contributed by atoms with Gasteiger partial charge in [-0.25, -0.2) is 0 Å². The van der Waals surface area contributed by atoms with E-state index in [1.165, 1.54) is 43.2 Å². The van der Waals surface area contributed by atoms with Crippen molar-refractivity contribution in [3.63, 3.8) is 0 Å². The van der Waals surface area contributed by atoms with Crippen LogP contribution in [0.25, 0.3) is 0 Å². The molecule has 0 aromatic heterocycles. The predicted octanol–water partition coefficient (Wildman–Crippen LogP) is 5.05. The van der Waals surface area contributed by atoms with Crippen molar-refractivity contribution in [2.24, 2.45) is 0 Å². The lowest BCUT2D eigenvalue weighted by Gasteiger charge is -2.22. The Morgan fingerprint density at radius 1 is 0.952 bits per heavy atom. The second-order valence-corrected chi connectivity index (χ2v) is 5.98. The van der Waals surface area contributed by atoms with E-state index in [-0.39, 0.29) is 0 Å². The van der Waals surface area contributed by atoms with Gasteiger partial charge < -0.3 is 10.4 Å². The molecule has 1 aliphatic rings. The number of hydrogen-bond acceptors (Lipinski definition) is 2. The van der Waals surface area contributed by atoms with Gasteiger partial charge in [-0.15, -0.1) is 0 Å². The third-order valence-corrected chi connectivity index (χ3v) is 4.40. The minimum atomic E-state index is 0.299. The van der Waals surface area contributed by atoms with Crippen LogP contribution in [0.4, 0.5) is 5.69 Å². The van der Waals surface area contributed by atoms with Crippen molar-refractivity contribution in [2.75, 3.05) is 5.32 Å². The van der Waals surface area contributed by atoms with Crippen LogP contribution in [0.1, 0.15) is 49.1 Å². The van der Waals surface area contributed by atoms with Crippen molar-refractivity contribution in [2.45, 2.75) is 44.6 Å². The van der Waals surface area contributed by atoms with Crippen LogP contribution in [0.15, 0.2) is 48.5 Å². The van der Waals surface area contributed by atoms with Crippen LogP contribution in [0, 0.1) is 0 Å².